The topological polar surface area (TPSA) is 50.4 Å². The predicted octanol–water partition coefficient (Wildman–Crippen LogP) is 1.48. The molecule has 1 aromatic rings. The number of morpholine rings is 1. The number of hydrogen-bond donors (Lipinski definition) is 2. The molecule has 1 aliphatic carbocycles. The van der Waals surface area contributed by atoms with Crippen molar-refractivity contribution in [1.82, 2.24) is 10.6 Å². The first-order valence-corrected chi connectivity index (χ1v) is 7.40. The number of carbonyl (C=O) groups is 1. The van der Waals surface area contributed by atoms with Crippen LogP contribution in [0.1, 0.15) is 36.1 Å². The Morgan fingerprint density at radius 1 is 1.45 bits per heavy atom. The Morgan fingerprint density at radius 2 is 2.30 bits per heavy atom. The number of rotatable bonds is 2. The van der Waals surface area contributed by atoms with Crippen LogP contribution in [0, 0.1) is 6.92 Å². The van der Waals surface area contributed by atoms with E-state index in [1.165, 1.54) is 16.7 Å². The third-order valence-corrected chi connectivity index (χ3v) is 4.29. The molecule has 2 aliphatic rings. The zero-order chi connectivity index (χ0) is 14.1. The molecule has 4 heteroatoms. The Labute approximate surface area is 119 Å². The third kappa shape index (κ3) is 2.58. The number of nitrogens with one attached hydrogen (secondary N) is 2. The average molecular weight is 274 g/mol. The van der Waals surface area contributed by atoms with E-state index in [0.29, 0.717) is 6.61 Å². The second-order valence-electron chi connectivity index (χ2n) is 5.81. The monoisotopic (exact) mass is 274 g/mol. The van der Waals surface area contributed by atoms with Gasteiger partial charge in [0.05, 0.1) is 18.8 Å². The van der Waals surface area contributed by atoms with E-state index in [2.05, 4.69) is 35.8 Å². The maximum absolute atomic E-state index is 12.4. The molecule has 0 spiro atoms. The maximum atomic E-state index is 12.4. The summed E-state index contributed by atoms with van der Waals surface area (Å²) in [5.74, 6) is 0.0515. The van der Waals surface area contributed by atoms with Crippen molar-refractivity contribution in [2.24, 2.45) is 0 Å². The van der Waals surface area contributed by atoms with Gasteiger partial charge in [0.2, 0.25) is 5.91 Å². The molecule has 1 amide bonds. The van der Waals surface area contributed by atoms with Crippen LogP contribution in [0.2, 0.25) is 0 Å². The zero-order valence-corrected chi connectivity index (χ0v) is 12.1. The van der Waals surface area contributed by atoms with Gasteiger partial charge in [0.25, 0.3) is 0 Å². The molecule has 0 saturated carbocycles. The molecule has 108 valence electrons. The van der Waals surface area contributed by atoms with E-state index in [4.69, 9.17) is 4.74 Å². The Bertz CT molecular complexity index is 515. The molecule has 0 bridgehead atoms. The van der Waals surface area contributed by atoms with E-state index in [1.807, 2.05) is 6.92 Å². The molecule has 1 aliphatic heterocycles. The summed E-state index contributed by atoms with van der Waals surface area (Å²) in [6, 6.07) is 6.41. The molecule has 20 heavy (non-hydrogen) atoms. The van der Waals surface area contributed by atoms with Crippen LogP contribution >= 0.6 is 0 Å². The lowest BCUT2D eigenvalue weighted by Crippen LogP contribution is -2.55. The third-order valence-electron chi connectivity index (χ3n) is 4.29. The molecular formula is C16H22N2O2. The Kier molecular flexibility index (Phi) is 3.76. The van der Waals surface area contributed by atoms with Gasteiger partial charge in [-0.25, -0.2) is 0 Å². The summed E-state index contributed by atoms with van der Waals surface area (Å²) >= 11 is 0. The van der Waals surface area contributed by atoms with Crippen LogP contribution in [0.4, 0.5) is 0 Å². The molecule has 3 rings (SSSR count). The molecule has 0 aromatic heterocycles. The van der Waals surface area contributed by atoms with Crippen molar-refractivity contribution < 1.29 is 9.53 Å². The van der Waals surface area contributed by atoms with Gasteiger partial charge in [-0.3, -0.25) is 4.79 Å². The minimum absolute atomic E-state index is 0.0515. The van der Waals surface area contributed by atoms with E-state index < -0.39 is 0 Å². The van der Waals surface area contributed by atoms with Gasteiger partial charge in [0, 0.05) is 6.54 Å². The first kappa shape index (κ1) is 13.6. The second-order valence-corrected chi connectivity index (χ2v) is 5.81. The minimum Gasteiger partial charge on any atom is -0.375 e. The number of ether oxygens (including phenoxy) is 1. The smallest absolute Gasteiger partial charge is 0.240 e. The number of fused-ring (bicyclic) bond motifs is 1. The number of amides is 1. The summed E-state index contributed by atoms with van der Waals surface area (Å²) in [5.41, 5.74) is 3.93. The summed E-state index contributed by atoms with van der Waals surface area (Å²) in [4.78, 5) is 12.4. The Hall–Kier alpha value is -1.39. The highest BCUT2D eigenvalue weighted by atomic mass is 16.5. The van der Waals surface area contributed by atoms with Crippen LogP contribution in [0.3, 0.4) is 0 Å². The van der Waals surface area contributed by atoms with Crippen molar-refractivity contribution >= 4 is 5.91 Å². The molecule has 2 N–H and O–H groups in total. The fourth-order valence-corrected chi connectivity index (χ4v) is 3.19. The fraction of sp³-hybridized carbons (Fsp3) is 0.562. The van der Waals surface area contributed by atoms with Crippen molar-refractivity contribution in [2.75, 3.05) is 13.2 Å². The normalized spacial score (nSPS) is 29.0. The summed E-state index contributed by atoms with van der Waals surface area (Å²) in [6.07, 6.45) is 1.97. The largest absolute Gasteiger partial charge is 0.375 e. The van der Waals surface area contributed by atoms with E-state index in [1.54, 1.807) is 0 Å². The van der Waals surface area contributed by atoms with Crippen molar-refractivity contribution in [3.8, 4) is 0 Å². The fourth-order valence-electron chi connectivity index (χ4n) is 3.19. The predicted molar refractivity (Wildman–Crippen MR) is 77.6 cm³/mol. The molecule has 1 heterocycles. The van der Waals surface area contributed by atoms with Crippen LogP contribution < -0.4 is 10.6 Å². The number of aryl methyl sites for hydroxylation is 2. The van der Waals surface area contributed by atoms with Crippen LogP contribution in [0.5, 0.6) is 0 Å². The van der Waals surface area contributed by atoms with Crippen LogP contribution in [-0.2, 0) is 16.0 Å². The maximum Gasteiger partial charge on any atom is 0.240 e. The first-order chi connectivity index (χ1) is 9.65. The highest BCUT2D eigenvalue weighted by Gasteiger charge is 2.31. The quantitative estimate of drug-likeness (QED) is 0.859. The molecule has 1 fully saturated rings. The lowest BCUT2D eigenvalue weighted by molar-refractivity contribution is -0.129. The highest BCUT2D eigenvalue weighted by Crippen LogP contribution is 2.31. The average Bonchev–Trinajstić information content (AvgIpc) is 2.81. The van der Waals surface area contributed by atoms with E-state index >= 15 is 0 Å². The SMILES string of the molecule is Cc1ccc2c(c1)CCC2NC(=O)[C@H]1NCCO[C@@H]1C. The van der Waals surface area contributed by atoms with Crippen LogP contribution in [0.25, 0.3) is 0 Å². The zero-order valence-electron chi connectivity index (χ0n) is 12.1. The van der Waals surface area contributed by atoms with Gasteiger partial charge in [-0.2, -0.15) is 0 Å². The van der Waals surface area contributed by atoms with Gasteiger partial charge >= 0.3 is 0 Å². The number of carbonyl (C=O) groups excluding carboxylic acids is 1. The number of benzene rings is 1. The van der Waals surface area contributed by atoms with E-state index in [-0.39, 0.29) is 24.1 Å². The van der Waals surface area contributed by atoms with Gasteiger partial charge in [-0.1, -0.05) is 23.8 Å². The second kappa shape index (κ2) is 5.54. The first-order valence-electron chi connectivity index (χ1n) is 7.40. The Balaban J connectivity index is 1.69. The Morgan fingerprint density at radius 3 is 3.10 bits per heavy atom. The molecule has 1 aromatic carbocycles. The molecule has 4 nitrogen and oxygen atoms in total. The van der Waals surface area contributed by atoms with Crippen molar-refractivity contribution in [1.29, 1.82) is 0 Å². The molecule has 3 atom stereocenters. The van der Waals surface area contributed by atoms with Crippen molar-refractivity contribution in [3.63, 3.8) is 0 Å². The van der Waals surface area contributed by atoms with E-state index in [0.717, 1.165) is 19.4 Å². The van der Waals surface area contributed by atoms with Gasteiger partial charge < -0.3 is 15.4 Å². The lowest BCUT2D eigenvalue weighted by Gasteiger charge is -2.30. The van der Waals surface area contributed by atoms with E-state index in [9.17, 15) is 4.79 Å². The standard InChI is InChI=1S/C16H22N2O2/c1-10-3-5-13-12(9-10)4-6-14(13)18-16(19)15-11(2)20-8-7-17-15/h3,5,9,11,14-15,17H,4,6-8H2,1-2H3,(H,18,19)/t11-,14?,15+/m1/s1. The summed E-state index contributed by atoms with van der Waals surface area (Å²) in [7, 11) is 0. The van der Waals surface area contributed by atoms with Crippen molar-refractivity contribution in [2.45, 2.75) is 44.9 Å². The molecule has 0 radical (unpaired) electrons. The van der Waals surface area contributed by atoms with Gasteiger partial charge in [0.1, 0.15) is 6.04 Å². The lowest BCUT2D eigenvalue weighted by atomic mass is 10.0. The number of hydrogen-bond acceptors (Lipinski definition) is 3. The van der Waals surface area contributed by atoms with Crippen LogP contribution in [0.15, 0.2) is 18.2 Å². The molecule has 1 unspecified atom stereocenters. The van der Waals surface area contributed by atoms with Crippen molar-refractivity contribution in [3.05, 3.63) is 34.9 Å². The summed E-state index contributed by atoms with van der Waals surface area (Å²) < 4.78 is 5.54. The van der Waals surface area contributed by atoms with Gasteiger partial charge in [0.15, 0.2) is 0 Å². The minimum atomic E-state index is -0.238. The summed E-state index contributed by atoms with van der Waals surface area (Å²) in [5, 5.41) is 6.41. The molecule has 1 saturated heterocycles. The van der Waals surface area contributed by atoms with Crippen LogP contribution in [-0.4, -0.2) is 31.2 Å². The summed E-state index contributed by atoms with van der Waals surface area (Å²) in [6.45, 7) is 5.47. The van der Waals surface area contributed by atoms with Gasteiger partial charge in [-0.15, -0.1) is 0 Å². The molecular weight excluding hydrogens is 252 g/mol. The highest BCUT2D eigenvalue weighted by molar-refractivity contribution is 5.83. The van der Waals surface area contributed by atoms with Gasteiger partial charge in [-0.05, 0) is 37.8 Å².